The summed E-state index contributed by atoms with van der Waals surface area (Å²) >= 11 is 0. The number of aromatic nitrogens is 3. The number of methoxy groups -OCH3 is 1. The maximum Gasteiger partial charge on any atom is 0.315 e. The fraction of sp³-hybridized carbons (Fsp3) is 0.167. The lowest BCUT2D eigenvalue weighted by Gasteiger charge is -2.12. The second-order valence-corrected chi connectivity index (χ2v) is 5.69. The summed E-state index contributed by atoms with van der Waals surface area (Å²) in [6.07, 6.45) is 4.26. The molecule has 0 atom stereocenters. The standard InChI is InChI=1S/C18H17N5O4/c1-13-4-3-5-14(6-13)10-27-18-16(23(24)25)7-15(8-17(18)26-2)9-21-22-11-19-20-12-22/h3-9,11-12H,10H2,1-2H3/b21-9-. The van der Waals surface area contributed by atoms with Gasteiger partial charge in [-0.3, -0.25) is 10.1 Å². The predicted octanol–water partition coefficient (Wildman–Crippen LogP) is 2.96. The van der Waals surface area contributed by atoms with E-state index in [4.69, 9.17) is 9.47 Å². The van der Waals surface area contributed by atoms with Crippen LogP contribution in [0.3, 0.4) is 0 Å². The Bertz CT molecular complexity index is 970. The third-order valence-electron chi connectivity index (χ3n) is 3.69. The number of nitro benzene ring substituents is 1. The summed E-state index contributed by atoms with van der Waals surface area (Å²) in [4.78, 5) is 11.0. The van der Waals surface area contributed by atoms with Crippen molar-refractivity contribution in [1.82, 2.24) is 14.9 Å². The van der Waals surface area contributed by atoms with Crippen LogP contribution in [0.2, 0.25) is 0 Å². The van der Waals surface area contributed by atoms with Gasteiger partial charge in [0.1, 0.15) is 19.3 Å². The average molecular weight is 367 g/mol. The molecule has 3 aromatic rings. The SMILES string of the molecule is COc1cc(/C=N\n2cnnc2)cc([N+](=O)[O-])c1OCc1cccc(C)c1. The third-order valence-corrected chi connectivity index (χ3v) is 3.69. The van der Waals surface area contributed by atoms with Gasteiger partial charge in [0.2, 0.25) is 5.75 Å². The zero-order valence-electron chi connectivity index (χ0n) is 14.8. The van der Waals surface area contributed by atoms with Gasteiger partial charge in [-0.25, -0.2) is 4.68 Å². The first kappa shape index (κ1) is 18.1. The topological polar surface area (TPSA) is 105 Å². The number of hydrogen-bond acceptors (Lipinski definition) is 7. The zero-order valence-corrected chi connectivity index (χ0v) is 14.8. The second kappa shape index (κ2) is 8.09. The smallest absolute Gasteiger partial charge is 0.315 e. The highest BCUT2D eigenvalue weighted by Crippen LogP contribution is 2.38. The summed E-state index contributed by atoms with van der Waals surface area (Å²) in [5, 5.41) is 22.9. The molecule has 1 aromatic heterocycles. The molecule has 0 radical (unpaired) electrons. The van der Waals surface area contributed by atoms with E-state index in [2.05, 4.69) is 15.3 Å². The lowest BCUT2D eigenvalue weighted by atomic mass is 10.1. The van der Waals surface area contributed by atoms with E-state index in [1.807, 2.05) is 31.2 Å². The highest BCUT2D eigenvalue weighted by Gasteiger charge is 2.22. The van der Waals surface area contributed by atoms with Crippen LogP contribution in [-0.4, -0.2) is 33.1 Å². The molecular weight excluding hydrogens is 350 g/mol. The molecule has 0 saturated carbocycles. The fourth-order valence-corrected chi connectivity index (χ4v) is 2.46. The van der Waals surface area contributed by atoms with Crippen LogP contribution in [0.1, 0.15) is 16.7 Å². The van der Waals surface area contributed by atoms with Crippen LogP contribution in [-0.2, 0) is 6.61 Å². The molecule has 0 spiro atoms. The molecule has 9 nitrogen and oxygen atoms in total. The Morgan fingerprint density at radius 2 is 2.04 bits per heavy atom. The number of ether oxygens (including phenoxy) is 2. The Balaban J connectivity index is 1.91. The van der Waals surface area contributed by atoms with Crippen molar-refractivity contribution in [3.8, 4) is 11.5 Å². The van der Waals surface area contributed by atoms with E-state index in [1.165, 1.54) is 36.7 Å². The molecule has 9 heteroatoms. The summed E-state index contributed by atoms with van der Waals surface area (Å²) in [6.45, 7) is 2.16. The Morgan fingerprint density at radius 1 is 1.26 bits per heavy atom. The van der Waals surface area contributed by atoms with Crippen molar-refractivity contribution in [2.75, 3.05) is 7.11 Å². The van der Waals surface area contributed by atoms with E-state index < -0.39 is 4.92 Å². The largest absolute Gasteiger partial charge is 0.493 e. The molecule has 0 aliphatic carbocycles. The van der Waals surface area contributed by atoms with Gasteiger partial charge in [-0.2, -0.15) is 5.10 Å². The number of hydrogen-bond donors (Lipinski definition) is 0. The summed E-state index contributed by atoms with van der Waals surface area (Å²) in [5.74, 6) is 0.326. The third kappa shape index (κ3) is 4.46. The van der Waals surface area contributed by atoms with Gasteiger partial charge >= 0.3 is 5.69 Å². The fourth-order valence-electron chi connectivity index (χ4n) is 2.46. The van der Waals surface area contributed by atoms with Gasteiger partial charge in [-0.15, -0.1) is 10.2 Å². The molecule has 27 heavy (non-hydrogen) atoms. The molecule has 0 unspecified atom stereocenters. The Hall–Kier alpha value is -3.75. The maximum absolute atomic E-state index is 11.5. The van der Waals surface area contributed by atoms with Crippen molar-refractivity contribution in [2.24, 2.45) is 5.10 Å². The summed E-state index contributed by atoms with van der Waals surface area (Å²) < 4.78 is 12.4. The number of nitro groups is 1. The summed E-state index contributed by atoms with van der Waals surface area (Å²) in [7, 11) is 1.43. The molecule has 0 aliphatic heterocycles. The van der Waals surface area contributed by atoms with Crippen LogP contribution < -0.4 is 9.47 Å². The van der Waals surface area contributed by atoms with Crippen LogP contribution in [0.4, 0.5) is 5.69 Å². The maximum atomic E-state index is 11.5. The molecular formula is C18H17N5O4. The summed E-state index contributed by atoms with van der Waals surface area (Å²) in [6, 6.07) is 10.7. The van der Waals surface area contributed by atoms with Gasteiger partial charge in [0.05, 0.1) is 18.2 Å². The molecule has 2 aromatic carbocycles. The zero-order chi connectivity index (χ0) is 19.2. The van der Waals surface area contributed by atoms with Gasteiger partial charge < -0.3 is 9.47 Å². The molecule has 1 heterocycles. The number of benzene rings is 2. The molecule has 0 N–H and O–H groups in total. The van der Waals surface area contributed by atoms with Gasteiger partial charge in [-0.05, 0) is 18.6 Å². The average Bonchev–Trinajstić information content (AvgIpc) is 3.18. The van der Waals surface area contributed by atoms with Crippen molar-refractivity contribution in [2.45, 2.75) is 13.5 Å². The molecule has 3 rings (SSSR count). The van der Waals surface area contributed by atoms with E-state index in [1.54, 1.807) is 6.07 Å². The quantitative estimate of drug-likeness (QED) is 0.361. The molecule has 138 valence electrons. The van der Waals surface area contributed by atoms with Gasteiger partial charge in [-0.1, -0.05) is 29.8 Å². The normalized spacial score (nSPS) is 10.9. The molecule has 0 fully saturated rings. The first-order chi connectivity index (χ1) is 13.1. The first-order valence-electron chi connectivity index (χ1n) is 8.00. The van der Waals surface area contributed by atoms with E-state index >= 15 is 0 Å². The highest BCUT2D eigenvalue weighted by atomic mass is 16.6. The van der Waals surface area contributed by atoms with Crippen molar-refractivity contribution in [1.29, 1.82) is 0 Å². The number of aryl methyl sites for hydroxylation is 1. The first-order valence-corrected chi connectivity index (χ1v) is 8.00. The molecule has 0 aliphatic rings. The molecule has 0 bridgehead atoms. The van der Waals surface area contributed by atoms with E-state index in [0.717, 1.165) is 11.1 Å². The van der Waals surface area contributed by atoms with Crippen LogP contribution in [0.15, 0.2) is 54.2 Å². The number of rotatable bonds is 7. The van der Waals surface area contributed by atoms with Crippen LogP contribution in [0, 0.1) is 17.0 Å². The minimum Gasteiger partial charge on any atom is -0.493 e. The second-order valence-electron chi connectivity index (χ2n) is 5.69. The Kier molecular flexibility index (Phi) is 5.41. The minimum atomic E-state index is -0.510. The van der Waals surface area contributed by atoms with Crippen molar-refractivity contribution in [3.05, 3.63) is 75.9 Å². The lowest BCUT2D eigenvalue weighted by molar-refractivity contribution is -0.386. The van der Waals surface area contributed by atoms with Gasteiger partial charge in [0.25, 0.3) is 0 Å². The highest BCUT2D eigenvalue weighted by molar-refractivity contribution is 5.83. The van der Waals surface area contributed by atoms with E-state index in [-0.39, 0.29) is 23.8 Å². The van der Waals surface area contributed by atoms with Gasteiger partial charge in [0.15, 0.2) is 5.75 Å². The number of nitrogens with zero attached hydrogens (tertiary/aromatic N) is 5. The van der Waals surface area contributed by atoms with Crippen molar-refractivity contribution >= 4 is 11.9 Å². The lowest BCUT2D eigenvalue weighted by Crippen LogP contribution is -2.03. The monoisotopic (exact) mass is 367 g/mol. The predicted molar refractivity (Wildman–Crippen MR) is 98.2 cm³/mol. The summed E-state index contributed by atoms with van der Waals surface area (Å²) in [5.41, 5.74) is 2.27. The Morgan fingerprint density at radius 3 is 2.70 bits per heavy atom. The van der Waals surface area contributed by atoms with Crippen LogP contribution >= 0.6 is 0 Å². The van der Waals surface area contributed by atoms with Crippen molar-refractivity contribution in [3.63, 3.8) is 0 Å². The molecule has 0 saturated heterocycles. The van der Waals surface area contributed by atoms with E-state index in [9.17, 15) is 10.1 Å². The van der Waals surface area contributed by atoms with Crippen LogP contribution in [0.25, 0.3) is 0 Å². The van der Waals surface area contributed by atoms with Crippen molar-refractivity contribution < 1.29 is 14.4 Å². The molecule has 0 amide bonds. The van der Waals surface area contributed by atoms with Crippen LogP contribution in [0.5, 0.6) is 11.5 Å². The van der Waals surface area contributed by atoms with Gasteiger partial charge in [0, 0.05) is 11.6 Å². The Labute approximate surface area is 155 Å². The van der Waals surface area contributed by atoms with E-state index in [0.29, 0.717) is 5.56 Å². The minimum absolute atomic E-state index is 0.0745.